The van der Waals surface area contributed by atoms with Gasteiger partial charge in [-0.25, -0.2) is 14.4 Å². The summed E-state index contributed by atoms with van der Waals surface area (Å²) in [6.07, 6.45) is 4.14. The third-order valence-corrected chi connectivity index (χ3v) is 4.19. The number of halogens is 1. The molecule has 0 spiro atoms. The number of aryl methyl sites for hydroxylation is 1. The van der Waals surface area contributed by atoms with Gasteiger partial charge in [-0.2, -0.15) is 0 Å². The molecule has 1 saturated heterocycles. The molecule has 6 nitrogen and oxygen atoms in total. The Bertz CT molecular complexity index is 762. The van der Waals surface area contributed by atoms with Gasteiger partial charge < -0.3 is 10.2 Å². The molecule has 0 saturated carbocycles. The molecular formula is C18H19FN4O2. The summed E-state index contributed by atoms with van der Waals surface area (Å²) >= 11 is 0. The first-order chi connectivity index (χ1) is 12.0. The van der Waals surface area contributed by atoms with Crippen molar-refractivity contribution in [2.24, 2.45) is 5.92 Å². The predicted molar refractivity (Wildman–Crippen MR) is 90.4 cm³/mol. The van der Waals surface area contributed by atoms with Gasteiger partial charge in [0.15, 0.2) is 0 Å². The highest BCUT2D eigenvalue weighted by Crippen LogP contribution is 2.20. The van der Waals surface area contributed by atoms with E-state index in [-0.39, 0.29) is 23.4 Å². The number of nitrogens with zero attached hydrogens (tertiary/aromatic N) is 3. The van der Waals surface area contributed by atoms with Crippen LogP contribution in [0.1, 0.15) is 28.9 Å². The van der Waals surface area contributed by atoms with Crippen molar-refractivity contribution >= 4 is 17.6 Å². The second kappa shape index (κ2) is 7.38. The summed E-state index contributed by atoms with van der Waals surface area (Å²) in [5.41, 5.74) is 1.20. The zero-order valence-corrected chi connectivity index (χ0v) is 13.9. The Morgan fingerprint density at radius 3 is 2.72 bits per heavy atom. The molecule has 1 fully saturated rings. The van der Waals surface area contributed by atoms with E-state index in [0.29, 0.717) is 25.3 Å². The van der Waals surface area contributed by atoms with Crippen molar-refractivity contribution in [3.05, 3.63) is 53.7 Å². The summed E-state index contributed by atoms with van der Waals surface area (Å²) in [5.74, 6) is -0.731. The van der Waals surface area contributed by atoms with Crippen LogP contribution in [0.25, 0.3) is 0 Å². The molecule has 25 heavy (non-hydrogen) atoms. The van der Waals surface area contributed by atoms with E-state index < -0.39 is 5.82 Å². The number of likely N-dealkylation sites (tertiary alicyclic amines) is 1. The minimum Gasteiger partial charge on any atom is -0.337 e. The third kappa shape index (κ3) is 4.17. The Kier molecular flexibility index (Phi) is 5.02. The van der Waals surface area contributed by atoms with Gasteiger partial charge in [0.2, 0.25) is 5.91 Å². The number of amides is 2. The molecule has 2 aromatic heterocycles. The standard InChI is InChI=1S/C18H19FN4O2/c1-12-4-7-16(21-9-12)22-17(24)13-3-2-8-23(11-13)18(25)15-6-5-14(19)10-20-15/h4-7,9-10,13H,2-3,8,11H2,1H3,(H,21,22,24)/t13-/m0/s1. The minimum atomic E-state index is -0.488. The van der Waals surface area contributed by atoms with Crippen molar-refractivity contribution in [1.82, 2.24) is 14.9 Å². The van der Waals surface area contributed by atoms with E-state index in [9.17, 15) is 14.0 Å². The van der Waals surface area contributed by atoms with E-state index in [4.69, 9.17) is 0 Å². The molecule has 0 bridgehead atoms. The Balaban J connectivity index is 1.63. The number of carbonyl (C=O) groups is 2. The predicted octanol–water partition coefficient (Wildman–Crippen LogP) is 2.42. The molecule has 2 aromatic rings. The maximum absolute atomic E-state index is 12.9. The molecule has 1 atom stereocenters. The SMILES string of the molecule is Cc1ccc(NC(=O)[C@H]2CCCN(C(=O)c3ccc(F)cn3)C2)nc1. The summed E-state index contributed by atoms with van der Waals surface area (Å²) < 4.78 is 12.9. The number of rotatable bonds is 3. The smallest absolute Gasteiger partial charge is 0.272 e. The number of piperidine rings is 1. The molecular weight excluding hydrogens is 323 g/mol. The maximum Gasteiger partial charge on any atom is 0.272 e. The molecule has 0 aromatic carbocycles. The lowest BCUT2D eigenvalue weighted by atomic mass is 9.97. The first-order valence-corrected chi connectivity index (χ1v) is 8.17. The van der Waals surface area contributed by atoms with Crippen molar-refractivity contribution in [3.63, 3.8) is 0 Å². The van der Waals surface area contributed by atoms with Crippen LogP contribution in [0.2, 0.25) is 0 Å². The summed E-state index contributed by atoms with van der Waals surface area (Å²) in [7, 11) is 0. The second-order valence-electron chi connectivity index (χ2n) is 6.16. The van der Waals surface area contributed by atoms with Gasteiger partial charge in [0.25, 0.3) is 5.91 Å². The van der Waals surface area contributed by atoms with Gasteiger partial charge in [0.1, 0.15) is 17.3 Å². The summed E-state index contributed by atoms with van der Waals surface area (Å²) in [4.78, 5) is 34.5. The molecule has 1 N–H and O–H groups in total. The van der Waals surface area contributed by atoms with Crippen molar-refractivity contribution in [1.29, 1.82) is 0 Å². The van der Waals surface area contributed by atoms with Crippen molar-refractivity contribution < 1.29 is 14.0 Å². The van der Waals surface area contributed by atoms with Crippen LogP contribution in [0.3, 0.4) is 0 Å². The highest BCUT2D eigenvalue weighted by atomic mass is 19.1. The molecule has 3 rings (SSSR count). The van der Waals surface area contributed by atoms with Crippen molar-refractivity contribution in [2.45, 2.75) is 19.8 Å². The number of hydrogen-bond acceptors (Lipinski definition) is 4. The van der Waals surface area contributed by atoms with E-state index in [0.717, 1.165) is 18.2 Å². The Morgan fingerprint density at radius 1 is 1.20 bits per heavy atom. The van der Waals surface area contributed by atoms with E-state index in [1.807, 2.05) is 13.0 Å². The van der Waals surface area contributed by atoms with Gasteiger partial charge in [0.05, 0.1) is 12.1 Å². The largest absolute Gasteiger partial charge is 0.337 e. The van der Waals surface area contributed by atoms with Crippen LogP contribution >= 0.6 is 0 Å². The van der Waals surface area contributed by atoms with Crippen LogP contribution < -0.4 is 5.32 Å². The fourth-order valence-corrected chi connectivity index (χ4v) is 2.81. The fraction of sp³-hybridized carbons (Fsp3) is 0.333. The highest BCUT2D eigenvalue weighted by Gasteiger charge is 2.29. The lowest BCUT2D eigenvalue weighted by molar-refractivity contribution is -0.121. The number of carbonyl (C=O) groups excluding carboxylic acids is 2. The van der Waals surface area contributed by atoms with Crippen molar-refractivity contribution in [2.75, 3.05) is 18.4 Å². The van der Waals surface area contributed by atoms with Crippen LogP contribution in [-0.4, -0.2) is 39.8 Å². The molecule has 3 heterocycles. The average Bonchev–Trinajstić information content (AvgIpc) is 2.64. The van der Waals surface area contributed by atoms with Gasteiger partial charge in [-0.3, -0.25) is 9.59 Å². The van der Waals surface area contributed by atoms with Crippen molar-refractivity contribution in [3.8, 4) is 0 Å². The topological polar surface area (TPSA) is 75.2 Å². The van der Waals surface area contributed by atoms with Gasteiger partial charge in [-0.1, -0.05) is 6.07 Å². The fourth-order valence-electron chi connectivity index (χ4n) is 2.81. The Labute approximate surface area is 145 Å². The van der Waals surface area contributed by atoms with Crippen LogP contribution in [0.15, 0.2) is 36.7 Å². The molecule has 2 amide bonds. The molecule has 130 valence electrons. The molecule has 7 heteroatoms. The lowest BCUT2D eigenvalue weighted by Crippen LogP contribution is -2.44. The molecule has 0 radical (unpaired) electrons. The van der Waals surface area contributed by atoms with E-state index in [2.05, 4.69) is 15.3 Å². The van der Waals surface area contributed by atoms with Gasteiger partial charge in [0, 0.05) is 19.3 Å². The van der Waals surface area contributed by atoms with E-state index in [1.165, 1.54) is 12.1 Å². The zero-order valence-electron chi connectivity index (χ0n) is 13.9. The van der Waals surface area contributed by atoms with E-state index >= 15 is 0 Å². The summed E-state index contributed by atoms with van der Waals surface area (Å²) in [5, 5.41) is 2.79. The summed E-state index contributed by atoms with van der Waals surface area (Å²) in [6, 6.07) is 6.19. The molecule has 0 aliphatic carbocycles. The normalized spacial score (nSPS) is 17.2. The number of pyridine rings is 2. The van der Waals surface area contributed by atoms with Gasteiger partial charge in [-0.15, -0.1) is 0 Å². The maximum atomic E-state index is 12.9. The second-order valence-corrected chi connectivity index (χ2v) is 6.16. The first-order valence-electron chi connectivity index (χ1n) is 8.17. The minimum absolute atomic E-state index is 0.152. The van der Waals surface area contributed by atoms with Crippen LogP contribution in [0.4, 0.5) is 10.2 Å². The van der Waals surface area contributed by atoms with Gasteiger partial charge >= 0.3 is 0 Å². The Hall–Kier alpha value is -2.83. The quantitative estimate of drug-likeness (QED) is 0.929. The lowest BCUT2D eigenvalue weighted by Gasteiger charge is -2.31. The van der Waals surface area contributed by atoms with Crippen LogP contribution in [0.5, 0.6) is 0 Å². The number of hydrogen-bond donors (Lipinski definition) is 1. The number of anilines is 1. The zero-order chi connectivity index (χ0) is 17.8. The molecule has 0 unspecified atom stereocenters. The average molecular weight is 342 g/mol. The number of nitrogens with one attached hydrogen (secondary N) is 1. The first kappa shape index (κ1) is 17.0. The summed E-state index contributed by atoms with van der Waals surface area (Å²) in [6.45, 7) is 2.80. The van der Waals surface area contributed by atoms with Crippen LogP contribution in [0, 0.1) is 18.7 Å². The monoisotopic (exact) mass is 342 g/mol. The van der Waals surface area contributed by atoms with E-state index in [1.54, 1.807) is 17.2 Å². The highest BCUT2D eigenvalue weighted by molar-refractivity contribution is 5.94. The van der Waals surface area contributed by atoms with Gasteiger partial charge in [-0.05, 0) is 43.5 Å². The molecule has 1 aliphatic heterocycles. The molecule has 1 aliphatic rings. The Morgan fingerprint density at radius 2 is 2.04 bits per heavy atom. The third-order valence-electron chi connectivity index (χ3n) is 4.19. The van der Waals surface area contributed by atoms with Crippen LogP contribution in [-0.2, 0) is 4.79 Å². The number of aromatic nitrogens is 2.